The first-order valence-electron chi connectivity index (χ1n) is 15.1. The Morgan fingerprint density at radius 1 is 0.696 bits per heavy atom. The molecular formula is C41H42Cl2I2Zr-2. The predicted octanol–water partition coefficient (Wildman–Crippen LogP) is 5.69. The normalized spacial score (nSPS) is 11.4. The number of halogens is 4. The minimum absolute atomic E-state index is 0. The molecule has 0 nitrogen and oxygen atoms in total. The van der Waals surface area contributed by atoms with Gasteiger partial charge in [0.15, 0.2) is 0 Å². The summed E-state index contributed by atoms with van der Waals surface area (Å²) in [7, 11) is 0. The zero-order valence-electron chi connectivity index (χ0n) is 28.0. The standard InChI is InChI=1S/C23H29.C13H8I2.C5H5.2ClH.Zr/c1-14-9-16-11-17-10-15(2)21(23(6,7)8)13-19(17)18(16)12-20(14)22(3,4)5;14-12-5-1-10(2-6-12)9-11-3-7-13(15)8-4-11;1-2-4-5-3-1;;;/h9,12-13H,11H2,1-8H3;1-8H;1-5H;2*1H;/q-1;;-1;;;+2/p-2. The summed E-state index contributed by atoms with van der Waals surface area (Å²) in [6, 6.07) is 38.4. The molecule has 0 atom stereocenters. The number of fused-ring (bicyclic) bond motifs is 3. The van der Waals surface area contributed by atoms with Crippen LogP contribution in [-0.2, 0) is 41.5 Å². The van der Waals surface area contributed by atoms with Crippen molar-refractivity contribution in [3.63, 3.8) is 0 Å². The number of aryl methyl sites for hydroxylation is 2. The van der Waals surface area contributed by atoms with Gasteiger partial charge in [-0.2, -0.15) is 35.9 Å². The zero-order valence-corrected chi connectivity index (χ0v) is 36.2. The summed E-state index contributed by atoms with van der Waals surface area (Å²) in [4.78, 5) is 0. The van der Waals surface area contributed by atoms with Crippen molar-refractivity contribution in [2.45, 2.75) is 72.6 Å². The van der Waals surface area contributed by atoms with E-state index in [9.17, 15) is 0 Å². The molecule has 5 aromatic carbocycles. The summed E-state index contributed by atoms with van der Waals surface area (Å²) in [6.45, 7) is 18.2. The summed E-state index contributed by atoms with van der Waals surface area (Å²) in [5, 5.41) is 0. The van der Waals surface area contributed by atoms with E-state index >= 15 is 0 Å². The third-order valence-electron chi connectivity index (χ3n) is 7.90. The van der Waals surface area contributed by atoms with Gasteiger partial charge in [-0.25, -0.2) is 12.1 Å². The monoisotopic (exact) mass is 948 g/mol. The molecule has 1 aliphatic carbocycles. The molecule has 5 aromatic rings. The van der Waals surface area contributed by atoms with Crippen LogP contribution in [0.15, 0.2) is 97.1 Å². The third-order valence-corrected chi connectivity index (χ3v) is 10.8. The SMILES string of the molecule is Cc1[c-]c2c(cc1C(C)(C)C)-c1cc(C(C)(C)C)c(C)cc1C2.[Cl-].[Cl-].[Zr+2]=[C](c1ccc(I)cc1)c1ccc(I)cc1.c1cc[cH-]c1. The van der Waals surface area contributed by atoms with Crippen molar-refractivity contribution < 1.29 is 49.0 Å². The second-order valence-electron chi connectivity index (χ2n) is 13.6. The van der Waals surface area contributed by atoms with Gasteiger partial charge in [-0.1, -0.05) is 71.6 Å². The molecule has 0 aliphatic heterocycles. The van der Waals surface area contributed by atoms with E-state index in [1.165, 1.54) is 90.2 Å². The van der Waals surface area contributed by atoms with Crippen LogP contribution in [0.5, 0.6) is 0 Å². The molecule has 240 valence electrons. The van der Waals surface area contributed by atoms with Gasteiger partial charge in [-0.05, 0) is 35.4 Å². The van der Waals surface area contributed by atoms with E-state index in [0.29, 0.717) is 0 Å². The fraction of sp³-hybridized carbons (Fsp3) is 0.268. The fourth-order valence-electron chi connectivity index (χ4n) is 5.74. The second-order valence-corrected chi connectivity index (χ2v) is 17.3. The van der Waals surface area contributed by atoms with Crippen LogP contribution < -0.4 is 24.8 Å². The van der Waals surface area contributed by atoms with Gasteiger partial charge in [0.25, 0.3) is 0 Å². The van der Waals surface area contributed by atoms with Crippen molar-refractivity contribution in [3.8, 4) is 11.1 Å². The van der Waals surface area contributed by atoms with Crippen LogP contribution in [0.4, 0.5) is 0 Å². The minimum atomic E-state index is 0. The Kier molecular flexibility index (Phi) is 15.8. The molecule has 0 fully saturated rings. The van der Waals surface area contributed by atoms with Crippen LogP contribution in [0.2, 0.25) is 0 Å². The van der Waals surface area contributed by atoms with Crippen molar-refractivity contribution in [3.05, 3.63) is 155 Å². The van der Waals surface area contributed by atoms with Crippen LogP contribution in [0.1, 0.15) is 86.1 Å². The van der Waals surface area contributed by atoms with Gasteiger partial charge >= 0.3 is 139 Å². The second kappa shape index (κ2) is 17.6. The molecule has 46 heavy (non-hydrogen) atoms. The molecule has 5 heteroatoms. The first-order chi connectivity index (χ1) is 20.6. The molecule has 6 rings (SSSR count). The Morgan fingerprint density at radius 3 is 1.57 bits per heavy atom. The summed E-state index contributed by atoms with van der Waals surface area (Å²) >= 11 is 6.13. The molecule has 1 aliphatic rings. The van der Waals surface area contributed by atoms with Gasteiger partial charge in [-0.3, -0.25) is 0 Å². The van der Waals surface area contributed by atoms with Gasteiger partial charge in [0.1, 0.15) is 0 Å². The van der Waals surface area contributed by atoms with Crippen LogP contribution >= 0.6 is 45.2 Å². The Bertz CT molecular complexity index is 1590. The Balaban J connectivity index is 0.000000278. The largest absolute Gasteiger partial charge is 0.214 e. The number of benzene rings is 4. The Labute approximate surface area is 332 Å². The average Bonchev–Trinajstić information content (AvgIpc) is 3.63. The fourth-order valence-corrected chi connectivity index (χ4v) is 7.28. The molecule has 0 aromatic heterocycles. The van der Waals surface area contributed by atoms with Crippen molar-refractivity contribution in [1.82, 2.24) is 0 Å². The topological polar surface area (TPSA) is 0 Å². The van der Waals surface area contributed by atoms with Gasteiger partial charge in [0.2, 0.25) is 0 Å². The molecule has 0 spiro atoms. The maximum Gasteiger partial charge on any atom is -0.172 e. The van der Waals surface area contributed by atoms with Gasteiger partial charge in [0.05, 0.1) is 0 Å². The van der Waals surface area contributed by atoms with Crippen LogP contribution in [0.3, 0.4) is 0 Å². The molecule has 0 heterocycles. The molecule has 0 saturated heterocycles. The molecular weight excluding hydrogens is 908 g/mol. The van der Waals surface area contributed by atoms with Gasteiger partial charge in [-0.15, -0.1) is 16.7 Å². The van der Waals surface area contributed by atoms with Crippen molar-refractivity contribution in [2.75, 3.05) is 0 Å². The van der Waals surface area contributed by atoms with Crippen molar-refractivity contribution in [2.24, 2.45) is 0 Å². The van der Waals surface area contributed by atoms with E-state index < -0.39 is 0 Å². The Hall–Kier alpha value is -0.977. The van der Waals surface area contributed by atoms with Gasteiger partial charge < -0.3 is 24.8 Å². The summed E-state index contributed by atoms with van der Waals surface area (Å²) in [6.07, 6.45) is 1.03. The molecule has 0 N–H and O–H groups in total. The van der Waals surface area contributed by atoms with Crippen molar-refractivity contribution in [1.29, 1.82) is 0 Å². The van der Waals surface area contributed by atoms with E-state index in [0.717, 1.165) is 6.42 Å². The Morgan fingerprint density at radius 2 is 1.15 bits per heavy atom. The molecule has 0 amide bonds. The number of hydrogen-bond acceptors (Lipinski definition) is 0. The van der Waals surface area contributed by atoms with Crippen LogP contribution in [0.25, 0.3) is 11.1 Å². The average molecular weight is 951 g/mol. The summed E-state index contributed by atoms with van der Waals surface area (Å²) < 4.78 is 3.99. The minimum Gasteiger partial charge on any atom is -0.214 e. The maximum atomic E-state index is 3.69. The third kappa shape index (κ3) is 10.8. The summed E-state index contributed by atoms with van der Waals surface area (Å²) in [5.41, 5.74) is 14.3. The molecule has 0 saturated carbocycles. The number of rotatable bonds is 2. The molecule has 0 bridgehead atoms. The van der Waals surface area contributed by atoms with Crippen LogP contribution in [-0.4, -0.2) is 3.21 Å². The van der Waals surface area contributed by atoms with E-state index in [2.05, 4.69) is 173 Å². The predicted molar refractivity (Wildman–Crippen MR) is 204 cm³/mol. The van der Waals surface area contributed by atoms with E-state index in [1.54, 1.807) is 0 Å². The first kappa shape index (κ1) is 41.2. The van der Waals surface area contributed by atoms with Crippen molar-refractivity contribution >= 4 is 48.4 Å². The zero-order chi connectivity index (χ0) is 32.2. The molecule has 0 unspecified atom stereocenters. The smallest absolute Gasteiger partial charge is 0.172 e. The quantitative estimate of drug-likeness (QED) is 0.155. The van der Waals surface area contributed by atoms with Crippen LogP contribution in [0, 0.1) is 27.1 Å². The maximum absolute atomic E-state index is 3.69. The summed E-state index contributed by atoms with van der Waals surface area (Å²) in [5.74, 6) is 0. The van der Waals surface area contributed by atoms with E-state index in [-0.39, 0.29) is 35.6 Å². The number of hydrogen-bond donors (Lipinski definition) is 0. The molecule has 0 radical (unpaired) electrons. The van der Waals surface area contributed by atoms with Gasteiger partial charge in [0, 0.05) is 0 Å². The van der Waals surface area contributed by atoms with E-state index in [4.69, 9.17) is 0 Å². The first-order valence-corrected chi connectivity index (χ1v) is 18.5. The van der Waals surface area contributed by atoms with E-state index in [1.807, 2.05) is 30.3 Å².